The third-order valence-corrected chi connectivity index (χ3v) is 4.74. The molecule has 2 N–H and O–H groups in total. The van der Waals surface area contributed by atoms with E-state index in [-0.39, 0.29) is 5.75 Å². The van der Waals surface area contributed by atoms with E-state index in [1.54, 1.807) is 12.1 Å². The van der Waals surface area contributed by atoms with Crippen molar-refractivity contribution < 1.29 is 27.9 Å². The smallest absolute Gasteiger partial charge is 0.387 e. The summed E-state index contributed by atoms with van der Waals surface area (Å²) in [5.41, 5.74) is 1.45. The summed E-state index contributed by atoms with van der Waals surface area (Å²) < 4.78 is 28.9. The van der Waals surface area contributed by atoms with Crippen LogP contribution in [0.25, 0.3) is 0 Å². The van der Waals surface area contributed by atoms with Gasteiger partial charge in [-0.05, 0) is 61.7 Å². The average Bonchev–Trinajstić information content (AvgIpc) is 2.85. The van der Waals surface area contributed by atoms with Gasteiger partial charge in [0.25, 0.3) is 5.91 Å². The van der Waals surface area contributed by atoms with E-state index in [2.05, 4.69) is 15.4 Å². The van der Waals surface area contributed by atoms with Gasteiger partial charge >= 0.3 is 12.6 Å². The lowest BCUT2D eigenvalue weighted by Crippen LogP contribution is -2.42. The number of aryl methyl sites for hydroxylation is 2. The minimum atomic E-state index is -2.97. The topological polar surface area (TPSA) is 87.7 Å². The van der Waals surface area contributed by atoms with Gasteiger partial charge in [-0.1, -0.05) is 18.2 Å². The number of imide groups is 1. The molecule has 1 aliphatic rings. The first-order chi connectivity index (χ1) is 14.1. The Bertz CT molecular complexity index is 974. The van der Waals surface area contributed by atoms with E-state index in [4.69, 9.17) is 0 Å². The Morgan fingerprint density at radius 2 is 1.73 bits per heavy atom. The highest BCUT2D eigenvalue weighted by molar-refractivity contribution is 6.10. The zero-order valence-electron chi connectivity index (χ0n) is 16.7. The molecule has 30 heavy (non-hydrogen) atoms. The molecule has 1 fully saturated rings. The number of anilines is 1. The molecule has 1 atom stereocenters. The van der Waals surface area contributed by atoms with Crippen LogP contribution in [0.3, 0.4) is 0 Å². The van der Waals surface area contributed by atoms with Crippen LogP contribution in [0.2, 0.25) is 0 Å². The number of rotatable bonds is 6. The first kappa shape index (κ1) is 21.2. The summed E-state index contributed by atoms with van der Waals surface area (Å²) in [4.78, 5) is 38.5. The molecule has 0 unspecified atom stereocenters. The molecule has 2 aromatic carbocycles. The van der Waals surface area contributed by atoms with Gasteiger partial charge in [-0.3, -0.25) is 14.5 Å². The van der Waals surface area contributed by atoms with E-state index in [0.717, 1.165) is 16.0 Å². The molecule has 0 saturated carbocycles. The van der Waals surface area contributed by atoms with Crippen molar-refractivity contribution in [2.24, 2.45) is 0 Å². The van der Waals surface area contributed by atoms with E-state index in [9.17, 15) is 23.2 Å². The second-order valence-corrected chi connectivity index (χ2v) is 7.27. The van der Waals surface area contributed by atoms with Crippen LogP contribution >= 0.6 is 0 Å². The lowest BCUT2D eigenvalue weighted by molar-refractivity contribution is -0.133. The second kappa shape index (κ2) is 8.10. The van der Waals surface area contributed by atoms with Gasteiger partial charge in [-0.15, -0.1) is 0 Å². The lowest BCUT2D eigenvalue weighted by atomic mass is 9.92. The van der Waals surface area contributed by atoms with Crippen molar-refractivity contribution in [2.45, 2.75) is 32.9 Å². The molecule has 1 aliphatic heterocycles. The maximum absolute atomic E-state index is 12.9. The highest BCUT2D eigenvalue weighted by atomic mass is 19.3. The van der Waals surface area contributed by atoms with E-state index in [1.807, 2.05) is 19.9 Å². The van der Waals surface area contributed by atoms with Gasteiger partial charge in [0.2, 0.25) is 5.91 Å². The molecule has 9 heteroatoms. The van der Waals surface area contributed by atoms with Crippen molar-refractivity contribution in [3.8, 4) is 5.75 Å². The fourth-order valence-corrected chi connectivity index (χ4v) is 3.40. The van der Waals surface area contributed by atoms with Crippen molar-refractivity contribution in [3.63, 3.8) is 0 Å². The summed E-state index contributed by atoms with van der Waals surface area (Å²) >= 11 is 0. The summed E-state index contributed by atoms with van der Waals surface area (Å²) in [6.07, 6.45) is 0. The SMILES string of the molecule is Cc1cc(C)cc(NC(=O)CN2C(=O)N[C@@](C)(c3ccc(OC(F)F)cc3)C2=O)c1. The first-order valence-corrected chi connectivity index (χ1v) is 9.16. The third kappa shape index (κ3) is 4.40. The molecule has 2 aromatic rings. The molecule has 0 spiro atoms. The highest BCUT2D eigenvalue weighted by Gasteiger charge is 2.49. The normalized spacial score (nSPS) is 18.5. The molecule has 1 heterocycles. The van der Waals surface area contributed by atoms with E-state index in [0.29, 0.717) is 11.3 Å². The quantitative estimate of drug-likeness (QED) is 0.706. The third-order valence-electron chi connectivity index (χ3n) is 4.74. The van der Waals surface area contributed by atoms with Crippen LogP contribution in [0.15, 0.2) is 42.5 Å². The summed E-state index contributed by atoms with van der Waals surface area (Å²) in [6.45, 7) is 1.84. The first-order valence-electron chi connectivity index (χ1n) is 9.16. The maximum Gasteiger partial charge on any atom is 0.387 e. The number of ether oxygens (including phenoxy) is 1. The molecular formula is C21H21F2N3O4. The monoisotopic (exact) mass is 417 g/mol. The van der Waals surface area contributed by atoms with Gasteiger partial charge in [0, 0.05) is 5.69 Å². The number of carbonyl (C=O) groups excluding carboxylic acids is 3. The average molecular weight is 417 g/mol. The molecule has 1 saturated heterocycles. The molecule has 0 aromatic heterocycles. The van der Waals surface area contributed by atoms with Crippen LogP contribution in [0.4, 0.5) is 19.3 Å². The predicted octanol–water partition coefficient (Wildman–Crippen LogP) is 3.31. The number of benzene rings is 2. The zero-order chi connectivity index (χ0) is 22.1. The van der Waals surface area contributed by atoms with E-state index < -0.39 is 36.5 Å². The highest BCUT2D eigenvalue weighted by Crippen LogP contribution is 2.30. The standard InChI is InChI=1S/C21H21F2N3O4/c1-12-8-13(2)10-15(9-12)24-17(27)11-26-18(28)21(3,25-20(26)29)14-4-6-16(7-5-14)30-19(22)23/h4-10,19H,11H2,1-3H3,(H,24,27)(H,25,29)/t21-/m0/s1. The molecule has 0 bridgehead atoms. The van der Waals surface area contributed by atoms with Crippen LogP contribution in [0.5, 0.6) is 5.75 Å². The molecule has 3 rings (SSSR count). The van der Waals surface area contributed by atoms with Gasteiger partial charge in [0.1, 0.15) is 17.8 Å². The van der Waals surface area contributed by atoms with Crippen molar-refractivity contribution in [1.29, 1.82) is 0 Å². The Morgan fingerprint density at radius 1 is 1.13 bits per heavy atom. The molecule has 158 valence electrons. The van der Waals surface area contributed by atoms with Gasteiger partial charge in [0.15, 0.2) is 0 Å². The Balaban J connectivity index is 1.72. The minimum absolute atomic E-state index is 0.0706. The summed E-state index contributed by atoms with van der Waals surface area (Å²) in [5, 5.41) is 5.25. The van der Waals surface area contributed by atoms with Crippen LogP contribution in [-0.2, 0) is 15.1 Å². The Kier molecular flexibility index (Phi) is 5.73. The second-order valence-electron chi connectivity index (χ2n) is 7.27. The van der Waals surface area contributed by atoms with Crippen molar-refractivity contribution in [1.82, 2.24) is 10.2 Å². The summed E-state index contributed by atoms with van der Waals surface area (Å²) in [7, 11) is 0. The minimum Gasteiger partial charge on any atom is -0.435 e. The van der Waals surface area contributed by atoms with Crippen LogP contribution < -0.4 is 15.4 Å². The maximum atomic E-state index is 12.9. The lowest BCUT2D eigenvalue weighted by Gasteiger charge is -2.22. The van der Waals surface area contributed by atoms with E-state index >= 15 is 0 Å². The number of alkyl halides is 2. The zero-order valence-corrected chi connectivity index (χ0v) is 16.7. The largest absolute Gasteiger partial charge is 0.435 e. The summed E-state index contributed by atoms with van der Waals surface area (Å²) in [5.74, 6) is -1.21. The Labute approximate surface area is 172 Å². The van der Waals surface area contributed by atoms with Crippen molar-refractivity contribution >= 4 is 23.5 Å². The van der Waals surface area contributed by atoms with Crippen LogP contribution in [0.1, 0.15) is 23.6 Å². The van der Waals surface area contributed by atoms with Gasteiger partial charge in [-0.25, -0.2) is 4.79 Å². The number of nitrogens with one attached hydrogen (secondary N) is 2. The molecule has 0 aliphatic carbocycles. The number of halogens is 2. The number of nitrogens with zero attached hydrogens (tertiary/aromatic N) is 1. The number of amides is 4. The van der Waals surface area contributed by atoms with Crippen LogP contribution in [0, 0.1) is 13.8 Å². The fourth-order valence-electron chi connectivity index (χ4n) is 3.40. The fraction of sp³-hybridized carbons (Fsp3) is 0.286. The number of hydrogen-bond donors (Lipinski definition) is 2. The number of urea groups is 1. The Hall–Kier alpha value is -3.49. The molecule has 4 amide bonds. The molecule has 0 radical (unpaired) electrons. The number of hydrogen-bond acceptors (Lipinski definition) is 4. The van der Waals surface area contributed by atoms with Gasteiger partial charge < -0.3 is 15.4 Å². The number of carbonyl (C=O) groups is 3. The van der Waals surface area contributed by atoms with E-state index in [1.165, 1.54) is 31.2 Å². The van der Waals surface area contributed by atoms with Gasteiger partial charge in [-0.2, -0.15) is 8.78 Å². The predicted molar refractivity (Wildman–Crippen MR) is 105 cm³/mol. The Morgan fingerprint density at radius 3 is 2.30 bits per heavy atom. The molecular weight excluding hydrogens is 396 g/mol. The summed E-state index contributed by atoms with van der Waals surface area (Å²) in [6, 6.07) is 10.2. The van der Waals surface area contributed by atoms with Crippen molar-refractivity contribution in [3.05, 3.63) is 59.2 Å². The molecule has 7 nitrogen and oxygen atoms in total. The van der Waals surface area contributed by atoms with Crippen LogP contribution in [-0.4, -0.2) is 35.9 Å². The van der Waals surface area contributed by atoms with Crippen molar-refractivity contribution in [2.75, 3.05) is 11.9 Å². The van der Waals surface area contributed by atoms with Gasteiger partial charge in [0.05, 0.1) is 0 Å².